The van der Waals surface area contributed by atoms with Crippen LogP contribution in [0, 0.1) is 5.41 Å². The van der Waals surface area contributed by atoms with Crippen molar-refractivity contribution in [2.75, 3.05) is 19.6 Å². The molecule has 0 aliphatic rings. The lowest BCUT2D eigenvalue weighted by molar-refractivity contribution is 0.0730. The molecule has 6 rings (SSSR count). The molecule has 5 N–H and O–H groups in total. The van der Waals surface area contributed by atoms with Gasteiger partial charge in [0.15, 0.2) is 0 Å². The van der Waals surface area contributed by atoms with Crippen LogP contribution in [0.25, 0.3) is 21.8 Å². The summed E-state index contributed by atoms with van der Waals surface area (Å²) in [5.41, 5.74) is 19.2. The van der Waals surface area contributed by atoms with Gasteiger partial charge in [0.25, 0.3) is 5.91 Å². The van der Waals surface area contributed by atoms with Crippen LogP contribution in [0.5, 0.6) is 0 Å². The number of unbranched alkanes of at least 4 members (excludes halogenated alkanes) is 2. The molecule has 0 atom stereocenters. The lowest BCUT2D eigenvalue weighted by atomic mass is 10.1. The zero-order chi connectivity index (χ0) is 38.6. The van der Waals surface area contributed by atoms with Crippen LogP contribution in [-0.2, 0) is 39.0 Å². The number of benzene rings is 5. The van der Waals surface area contributed by atoms with Crippen LogP contribution in [0.15, 0.2) is 109 Å². The van der Waals surface area contributed by atoms with Crippen LogP contribution in [0.2, 0.25) is 0 Å². The van der Waals surface area contributed by atoms with Crippen molar-refractivity contribution in [3.63, 3.8) is 0 Å². The van der Waals surface area contributed by atoms with E-state index in [-0.39, 0.29) is 11.7 Å². The summed E-state index contributed by atoms with van der Waals surface area (Å²) in [6.07, 6.45) is 7.45. The summed E-state index contributed by atoms with van der Waals surface area (Å²) in [4.78, 5) is 24.3. The van der Waals surface area contributed by atoms with E-state index in [1.807, 2.05) is 53.4 Å². The van der Waals surface area contributed by atoms with Crippen molar-refractivity contribution in [3.05, 3.63) is 148 Å². The number of fused-ring (bicyclic) bond motifs is 2. The minimum Gasteiger partial charge on any atom is -0.384 e. The minimum atomic E-state index is -0.0258. The standard InChI is InChI=1S/C47H57N7O/c1-3-5-26-52(27-6-4-2)28-9-29-54-44-24-23-42(31-43(44)51-45(54)25-19-35-16-21-40(22-17-35)46(49)50)47(55)53(33-37-14-12-36(32-48)13-15-37)34-38-18-20-39-10-7-8-11-41(39)30-38/h7-8,10-18,20-24,30-31H,3-6,9,19,25-29,32-34,48H2,1-2H3,(H3,49,50). The molecule has 0 aliphatic carbocycles. The second kappa shape index (κ2) is 19.3. The number of aromatic nitrogens is 2. The number of amidine groups is 1. The topological polar surface area (TPSA) is 117 Å². The minimum absolute atomic E-state index is 0.0258. The Morgan fingerprint density at radius 2 is 1.31 bits per heavy atom. The Morgan fingerprint density at radius 3 is 2.00 bits per heavy atom. The molecular formula is C47H57N7O. The lowest BCUT2D eigenvalue weighted by Gasteiger charge is -2.24. The number of hydrogen-bond donors (Lipinski definition) is 3. The number of nitrogens with two attached hydrogens (primary N) is 2. The predicted molar refractivity (Wildman–Crippen MR) is 227 cm³/mol. The Kier molecular flexibility index (Phi) is 13.8. The molecule has 55 heavy (non-hydrogen) atoms. The normalized spacial score (nSPS) is 11.5. The quantitative estimate of drug-likeness (QED) is 0.0535. The number of rotatable bonds is 20. The molecule has 0 saturated heterocycles. The highest BCUT2D eigenvalue weighted by molar-refractivity contribution is 5.97. The Morgan fingerprint density at radius 1 is 0.691 bits per heavy atom. The zero-order valence-corrected chi connectivity index (χ0v) is 32.6. The third-order valence-electron chi connectivity index (χ3n) is 10.6. The molecule has 1 heterocycles. The fourth-order valence-corrected chi connectivity index (χ4v) is 7.35. The van der Waals surface area contributed by atoms with Crippen LogP contribution in [0.4, 0.5) is 0 Å². The molecule has 1 amide bonds. The average Bonchev–Trinajstić information content (AvgIpc) is 3.56. The van der Waals surface area contributed by atoms with Crippen molar-refractivity contribution in [1.82, 2.24) is 19.4 Å². The summed E-state index contributed by atoms with van der Waals surface area (Å²) >= 11 is 0. The highest BCUT2D eigenvalue weighted by Gasteiger charge is 2.20. The molecule has 0 bridgehead atoms. The first-order chi connectivity index (χ1) is 26.8. The molecule has 0 unspecified atom stereocenters. The first-order valence-corrected chi connectivity index (χ1v) is 20.0. The van der Waals surface area contributed by atoms with E-state index in [0.29, 0.717) is 25.2 Å². The van der Waals surface area contributed by atoms with Gasteiger partial charge in [0, 0.05) is 43.7 Å². The summed E-state index contributed by atoms with van der Waals surface area (Å²) in [6, 6.07) is 37.0. The van der Waals surface area contributed by atoms with Crippen molar-refractivity contribution in [3.8, 4) is 0 Å². The molecule has 5 aromatic carbocycles. The van der Waals surface area contributed by atoms with Gasteiger partial charge in [-0.25, -0.2) is 4.98 Å². The van der Waals surface area contributed by atoms with Gasteiger partial charge in [-0.15, -0.1) is 0 Å². The number of nitrogen functional groups attached to an aromatic ring is 1. The first-order valence-electron chi connectivity index (χ1n) is 20.0. The predicted octanol–water partition coefficient (Wildman–Crippen LogP) is 8.85. The van der Waals surface area contributed by atoms with E-state index in [1.165, 1.54) is 36.6 Å². The van der Waals surface area contributed by atoms with Gasteiger partial charge in [-0.3, -0.25) is 10.2 Å². The Hall–Kier alpha value is -5.31. The van der Waals surface area contributed by atoms with Crippen LogP contribution >= 0.6 is 0 Å². The summed E-state index contributed by atoms with van der Waals surface area (Å²) in [6.45, 7) is 10.2. The maximum Gasteiger partial charge on any atom is 0.254 e. The molecule has 0 radical (unpaired) electrons. The van der Waals surface area contributed by atoms with E-state index < -0.39 is 0 Å². The monoisotopic (exact) mass is 735 g/mol. The van der Waals surface area contributed by atoms with Crippen molar-refractivity contribution < 1.29 is 4.79 Å². The second-order valence-corrected chi connectivity index (χ2v) is 14.8. The highest BCUT2D eigenvalue weighted by atomic mass is 16.2. The summed E-state index contributed by atoms with van der Waals surface area (Å²) in [5, 5.41) is 10.1. The van der Waals surface area contributed by atoms with Crippen LogP contribution in [0.1, 0.15) is 90.0 Å². The molecule has 8 nitrogen and oxygen atoms in total. The van der Waals surface area contributed by atoms with Gasteiger partial charge >= 0.3 is 0 Å². The van der Waals surface area contributed by atoms with Crippen LogP contribution in [-0.4, -0.2) is 50.7 Å². The van der Waals surface area contributed by atoms with E-state index in [4.69, 9.17) is 21.9 Å². The Balaban J connectivity index is 1.28. The lowest BCUT2D eigenvalue weighted by Crippen LogP contribution is -2.30. The fourth-order valence-electron chi connectivity index (χ4n) is 7.35. The molecule has 1 aromatic heterocycles. The Labute approximate surface area is 326 Å². The van der Waals surface area contributed by atoms with Crippen molar-refractivity contribution in [1.29, 1.82) is 5.41 Å². The SMILES string of the molecule is CCCCN(CCCC)CCCn1c(CCc2ccc(C(=N)N)cc2)nc2cc(C(=O)N(Cc3ccc(CN)cc3)Cc3ccc4ccccc4c3)ccc21. The number of nitrogens with one attached hydrogen (secondary N) is 1. The highest BCUT2D eigenvalue weighted by Crippen LogP contribution is 2.24. The smallest absolute Gasteiger partial charge is 0.254 e. The number of hydrogen-bond acceptors (Lipinski definition) is 5. The van der Waals surface area contributed by atoms with Crippen LogP contribution < -0.4 is 11.5 Å². The number of aryl methyl sites for hydroxylation is 3. The first kappa shape index (κ1) is 39.4. The molecule has 6 aromatic rings. The zero-order valence-electron chi connectivity index (χ0n) is 32.6. The molecule has 0 fully saturated rings. The second-order valence-electron chi connectivity index (χ2n) is 14.8. The Bertz CT molecular complexity index is 2160. The molecular weight excluding hydrogens is 679 g/mol. The number of carbonyl (C=O) groups excluding carboxylic acids is 1. The largest absolute Gasteiger partial charge is 0.384 e. The molecule has 286 valence electrons. The molecule has 0 aliphatic heterocycles. The van der Waals surface area contributed by atoms with Gasteiger partial charge < -0.3 is 25.8 Å². The maximum absolute atomic E-state index is 14.5. The van der Waals surface area contributed by atoms with Gasteiger partial charge in [0.05, 0.1) is 11.0 Å². The van der Waals surface area contributed by atoms with E-state index in [0.717, 1.165) is 89.9 Å². The van der Waals surface area contributed by atoms with E-state index >= 15 is 0 Å². The summed E-state index contributed by atoms with van der Waals surface area (Å²) < 4.78 is 2.37. The van der Waals surface area contributed by atoms with Gasteiger partial charge in [0.1, 0.15) is 11.7 Å². The third kappa shape index (κ3) is 10.5. The van der Waals surface area contributed by atoms with Gasteiger partial charge in [-0.2, -0.15) is 0 Å². The van der Waals surface area contributed by atoms with Crippen LogP contribution in [0.3, 0.4) is 0 Å². The van der Waals surface area contributed by atoms with E-state index in [2.05, 4.69) is 84.0 Å². The summed E-state index contributed by atoms with van der Waals surface area (Å²) in [7, 11) is 0. The molecule has 0 saturated carbocycles. The van der Waals surface area contributed by atoms with E-state index in [9.17, 15) is 4.79 Å². The molecule has 8 heteroatoms. The van der Waals surface area contributed by atoms with Gasteiger partial charge in [-0.05, 0) is 103 Å². The van der Waals surface area contributed by atoms with Gasteiger partial charge in [-0.1, -0.05) is 112 Å². The molecule has 0 spiro atoms. The van der Waals surface area contributed by atoms with Crippen molar-refractivity contribution in [2.24, 2.45) is 11.5 Å². The van der Waals surface area contributed by atoms with Crippen molar-refractivity contribution in [2.45, 2.75) is 85.0 Å². The van der Waals surface area contributed by atoms with E-state index in [1.54, 1.807) is 0 Å². The number of carbonyl (C=O) groups is 1. The number of imidazole rings is 1. The number of amides is 1. The number of nitrogens with zero attached hydrogens (tertiary/aromatic N) is 4. The summed E-state index contributed by atoms with van der Waals surface area (Å²) in [5.74, 6) is 1.07. The third-order valence-corrected chi connectivity index (χ3v) is 10.6. The average molecular weight is 736 g/mol. The fraction of sp³-hybridized carbons (Fsp3) is 0.340. The van der Waals surface area contributed by atoms with Crippen molar-refractivity contribution >= 4 is 33.5 Å². The van der Waals surface area contributed by atoms with Gasteiger partial charge in [0.2, 0.25) is 0 Å². The maximum atomic E-state index is 14.5.